The Hall–Kier alpha value is -2.81. The van der Waals surface area contributed by atoms with Gasteiger partial charge in [0.2, 0.25) is 6.79 Å². The van der Waals surface area contributed by atoms with E-state index in [-0.39, 0.29) is 6.79 Å². The summed E-state index contributed by atoms with van der Waals surface area (Å²) in [6.45, 7) is 10.6. The predicted molar refractivity (Wildman–Crippen MR) is 134 cm³/mol. The molecule has 8 heteroatoms. The van der Waals surface area contributed by atoms with Crippen molar-refractivity contribution in [1.82, 2.24) is 15.1 Å². The van der Waals surface area contributed by atoms with E-state index in [0.717, 1.165) is 49.8 Å². The average molecular weight is 484 g/mol. The standard InChI is InChI=1S/C27H37N3O5/c1-27(2,3)35-26(32)28-22(15-20-7-5-4-6-8-20)23(31)18-30-13-11-29(12-14-30)17-21-9-10-24-25(16-21)34-19-33-24/h4-10,16,22-23,31H,11-15,17-19H2,1-3H3,(H,28,32)/t22-,23+/m0/s1. The van der Waals surface area contributed by atoms with Gasteiger partial charge in [0.15, 0.2) is 11.5 Å². The van der Waals surface area contributed by atoms with Gasteiger partial charge < -0.3 is 24.6 Å². The number of benzene rings is 2. The first-order chi connectivity index (χ1) is 16.7. The first-order valence-corrected chi connectivity index (χ1v) is 12.3. The van der Waals surface area contributed by atoms with Crippen LogP contribution in [-0.2, 0) is 17.7 Å². The van der Waals surface area contributed by atoms with Crippen molar-refractivity contribution in [3.63, 3.8) is 0 Å². The van der Waals surface area contributed by atoms with Crippen LogP contribution in [-0.4, -0.2) is 78.3 Å². The van der Waals surface area contributed by atoms with Crippen LogP contribution in [0.4, 0.5) is 4.79 Å². The van der Waals surface area contributed by atoms with Gasteiger partial charge in [-0.15, -0.1) is 0 Å². The molecular weight excluding hydrogens is 446 g/mol. The molecule has 35 heavy (non-hydrogen) atoms. The van der Waals surface area contributed by atoms with Crippen LogP contribution in [0, 0.1) is 0 Å². The number of nitrogens with zero attached hydrogens (tertiary/aromatic N) is 2. The van der Waals surface area contributed by atoms with Gasteiger partial charge in [-0.3, -0.25) is 9.80 Å². The molecule has 1 fully saturated rings. The molecule has 4 rings (SSSR count). The van der Waals surface area contributed by atoms with Crippen molar-refractivity contribution in [2.45, 2.75) is 51.5 Å². The molecule has 0 unspecified atom stereocenters. The Morgan fingerprint density at radius 3 is 2.40 bits per heavy atom. The van der Waals surface area contributed by atoms with Crippen LogP contribution < -0.4 is 14.8 Å². The second-order valence-corrected chi connectivity index (χ2v) is 10.3. The Morgan fingerprint density at radius 1 is 1.00 bits per heavy atom. The lowest BCUT2D eigenvalue weighted by Crippen LogP contribution is -2.53. The third-order valence-corrected chi connectivity index (χ3v) is 6.22. The Balaban J connectivity index is 1.30. The molecule has 0 bridgehead atoms. The monoisotopic (exact) mass is 483 g/mol. The van der Waals surface area contributed by atoms with Crippen LogP contribution in [0.1, 0.15) is 31.9 Å². The number of ether oxygens (including phenoxy) is 3. The number of β-amino-alcohol motifs (C(OH)–C–C–N with tert-alkyl or cyclic N) is 1. The molecule has 190 valence electrons. The number of nitrogens with one attached hydrogen (secondary N) is 1. The maximum Gasteiger partial charge on any atom is 0.407 e. The van der Waals surface area contributed by atoms with E-state index in [1.807, 2.05) is 57.2 Å². The molecule has 1 saturated heterocycles. The van der Waals surface area contributed by atoms with E-state index in [1.54, 1.807) is 0 Å². The minimum atomic E-state index is -0.719. The number of piperazine rings is 1. The number of aliphatic hydroxyl groups is 1. The Labute approximate surface area is 207 Å². The second kappa shape index (κ2) is 11.3. The normalized spacial score (nSPS) is 18.2. The fraction of sp³-hybridized carbons (Fsp3) is 0.519. The highest BCUT2D eigenvalue weighted by Crippen LogP contribution is 2.32. The molecule has 0 aliphatic carbocycles. The molecule has 2 aromatic rings. The van der Waals surface area contributed by atoms with Crippen molar-refractivity contribution in [3.8, 4) is 11.5 Å². The van der Waals surface area contributed by atoms with Gasteiger partial charge in [0.05, 0.1) is 12.1 Å². The molecule has 1 amide bonds. The SMILES string of the molecule is CC(C)(C)OC(=O)N[C@@H](Cc1ccccc1)[C@H](O)CN1CCN(Cc2ccc3c(c2)OCO3)CC1. The number of hydrogen-bond donors (Lipinski definition) is 2. The number of carbonyl (C=O) groups is 1. The highest BCUT2D eigenvalue weighted by atomic mass is 16.7. The van der Waals surface area contributed by atoms with Crippen LogP contribution in [0.2, 0.25) is 0 Å². The summed E-state index contributed by atoms with van der Waals surface area (Å²) < 4.78 is 16.3. The van der Waals surface area contributed by atoms with E-state index in [2.05, 4.69) is 27.2 Å². The first-order valence-electron chi connectivity index (χ1n) is 12.3. The van der Waals surface area contributed by atoms with Gasteiger partial charge in [-0.25, -0.2) is 4.79 Å². The summed E-state index contributed by atoms with van der Waals surface area (Å²) in [5.74, 6) is 1.61. The van der Waals surface area contributed by atoms with Crippen molar-refractivity contribution in [2.24, 2.45) is 0 Å². The van der Waals surface area contributed by atoms with E-state index in [0.29, 0.717) is 13.0 Å². The van der Waals surface area contributed by atoms with Gasteiger partial charge in [0.25, 0.3) is 0 Å². The highest BCUT2D eigenvalue weighted by molar-refractivity contribution is 5.68. The number of fused-ring (bicyclic) bond motifs is 1. The summed E-state index contributed by atoms with van der Waals surface area (Å²) in [6, 6.07) is 15.6. The van der Waals surface area contributed by atoms with Crippen LogP contribution in [0.3, 0.4) is 0 Å². The fourth-order valence-corrected chi connectivity index (χ4v) is 4.43. The van der Waals surface area contributed by atoms with Gasteiger partial charge in [0.1, 0.15) is 5.60 Å². The Bertz CT molecular complexity index is 971. The number of rotatable bonds is 8. The van der Waals surface area contributed by atoms with Crippen molar-refractivity contribution in [1.29, 1.82) is 0 Å². The summed E-state index contributed by atoms with van der Waals surface area (Å²) in [4.78, 5) is 17.1. The van der Waals surface area contributed by atoms with Crippen LogP contribution in [0.25, 0.3) is 0 Å². The molecule has 8 nitrogen and oxygen atoms in total. The number of aliphatic hydroxyl groups excluding tert-OH is 1. The molecule has 0 aromatic heterocycles. The van der Waals surface area contributed by atoms with Gasteiger partial charge in [-0.2, -0.15) is 0 Å². The molecule has 2 aromatic carbocycles. The van der Waals surface area contributed by atoms with Crippen molar-refractivity contribution >= 4 is 6.09 Å². The van der Waals surface area contributed by atoms with E-state index in [9.17, 15) is 9.90 Å². The molecule has 2 aliphatic heterocycles. The number of carbonyl (C=O) groups excluding carboxylic acids is 1. The first kappa shape index (κ1) is 25.3. The van der Waals surface area contributed by atoms with Crippen LogP contribution in [0.15, 0.2) is 48.5 Å². The third kappa shape index (κ3) is 7.59. The average Bonchev–Trinajstić information content (AvgIpc) is 3.27. The minimum absolute atomic E-state index is 0.286. The molecule has 2 heterocycles. The zero-order chi connectivity index (χ0) is 24.8. The number of amides is 1. The third-order valence-electron chi connectivity index (χ3n) is 6.22. The Morgan fingerprint density at radius 2 is 1.69 bits per heavy atom. The summed E-state index contributed by atoms with van der Waals surface area (Å²) in [7, 11) is 0. The second-order valence-electron chi connectivity index (χ2n) is 10.3. The molecule has 0 saturated carbocycles. The number of alkyl carbamates (subject to hydrolysis) is 1. The predicted octanol–water partition coefficient (Wildman–Crippen LogP) is 3.03. The van der Waals surface area contributed by atoms with E-state index in [1.165, 1.54) is 5.56 Å². The van der Waals surface area contributed by atoms with Crippen LogP contribution in [0.5, 0.6) is 11.5 Å². The lowest BCUT2D eigenvalue weighted by Gasteiger charge is -2.37. The molecule has 2 atom stereocenters. The molecule has 0 spiro atoms. The highest BCUT2D eigenvalue weighted by Gasteiger charge is 2.28. The summed E-state index contributed by atoms with van der Waals surface area (Å²) >= 11 is 0. The smallest absolute Gasteiger partial charge is 0.407 e. The Kier molecular flexibility index (Phi) is 8.15. The molecule has 2 N–H and O–H groups in total. The maximum absolute atomic E-state index is 12.5. The minimum Gasteiger partial charge on any atom is -0.454 e. The topological polar surface area (TPSA) is 83.5 Å². The summed E-state index contributed by atoms with van der Waals surface area (Å²) in [5, 5.41) is 14.0. The quantitative estimate of drug-likeness (QED) is 0.597. The lowest BCUT2D eigenvalue weighted by atomic mass is 10.0. The summed E-state index contributed by atoms with van der Waals surface area (Å²) in [5.41, 5.74) is 1.66. The van der Waals surface area contributed by atoms with E-state index in [4.69, 9.17) is 14.2 Å². The van der Waals surface area contributed by atoms with Crippen LogP contribution >= 0.6 is 0 Å². The van der Waals surface area contributed by atoms with Gasteiger partial charge in [-0.1, -0.05) is 36.4 Å². The zero-order valence-corrected chi connectivity index (χ0v) is 20.9. The van der Waals surface area contributed by atoms with Crippen molar-refractivity contribution in [3.05, 3.63) is 59.7 Å². The van der Waals surface area contributed by atoms with Gasteiger partial charge in [0, 0.05) is 39.3 Å². The largest absolute Gasteiger partial charge is 0.454 e. The zero-order valence-electron chi connectivity index (χ0n) is 20.9. The number of hydrogen-bond acceptors (Lipinski definition) is 7. The fourth-order valence-electron chi connectivity index (χ4n) is 4.43. The van der Waals surface area contributed by atoms with Crippen molar-refractivity contribution in [2.75, 3.05) is 39.5 Å². The van der Waals surface area contributed by atoms with Gasteiger partial charge in [-0.05, 0) is 50.5 Å². The molecule has 2 aliphatic rings. The molecule has 0 radical (unpaired) electrons. The van der Waals surface area contributed by atoms with Gasteiger partial charge >= 0.3 is 6.09 Å². The van der Waals surface area contributed by atoms with Crippen molar-refractivity contribution < 1.29 is 24.1 Å². The maximum atomic E-state index is 12.5. The van der Waals surface area contributed by atoms with E-state index >= 15 is 0 Å². The summed E-state index contributed by atoms with van der Waals surface area (Å²) in [6.07, 6.45) is -0.695. The molecular formula is C27H37N3O5. The lowest BCUT2D eigenvalue weighted by molar-refractivity contribution is 0.0299. The van der Waals surface area contributed by atoms with E-state index < -0.39 is 23.8 Å².